The number of aliphatic hydroxyl groups is 1. The normalized spacial score (nSPS) is 15.1. The van der Waals surface area contributed by atoms with Gasteiger partial charge in [-0.3, -0.25) is 14.9 Å². The lowest BCUT2D eigenvalue weighted by atomic mass is 10.1. The largest absolute Gasteiger partial charge is 0.394 e. The van der Waals surface area contributed by atoms with E-state index in [9.17, 15) is 14.7 Å². The Morgan fingerprint density at radius 3 is 2.50 bits per heavy atom. The first kappa shape index (κ1) is 24.2. The highest BCUT2D eigenvalue weighted by Crippen LogP contribution is 2.09. The monoisotopic (exact) mass is 429 g/mol. The van der Waals surface area contributed by atoms with E-state index in [-0.39, 0.29) is 37.4 Å². The Bertz CT molecular complexity index is 639. The highest BCUT2D eigenvalue weighted by molar-refractivity contribution is 7.99. The van der Waals surface area contributed by atoms with E-state index in [2.05, 4.69) is 15.7 Å². The summed E-state index contributed by atoms with van der Waals surface area (Å²) in [5, 5.41) is 18.6. The smallest absolute Gasteiger partial charge is 0.242 e. The molecule has 0 bridgehead atoms. The SMILES string of the molecule is Cl.NN=CCc1ccc(CNC(CO)C(=O)NCC(=O)N2CCSCC2)cc1. The Balaban J connectivity index is 0.00000392. The molecule has 1 heterocycles. The summed E-state index contributed by atoms with van der Waals surface area (Å²) in [7, 11) is 0. The van der Waals surface area contributed by atoms with Crippen LogP contribution in [0.15, 0.2) is 29.4 Å². The summed E-state index contributed by atoms with van der Waals surface area (Å²) in [6, 6.07) is 7.04. The minimum Gasteiger partial charge on any atom is -0.394 e. The molecule has 28 heavy (non-hydrogen) atoms. The van der Waals surface area contributed by atoms with Crippen molar-refractivity contribution in [2.24, 2.45) is 10.9 Å². The maximum Gasteiger partial charge on any atom is 0.242 e. The van der Waals surface area contributed by atoms with Crippen LogP contribution in [-0.2, 0) is 22.6 Å². The number of benzene rings is 1. The van der Waals surface area contributed by atoms with Crippen molar-refractivity contribution in [3.8, 4) is 0 Å². The average Bonchev–Trinajstić information content (AvgIpc) is 2.72. The Hall–Kier alpha value is -1.81. The topological polar surface area (TPSA) is 120 Å². The first-order valence-corrected chi connectivity index (χ1v) is 10.1. The molecule has 0 spiro atoms. The molecule has 1 aliphatic heterocycles. The second kappa shape index (κ2) is 13.4. The molecule has 1 fully saturated rings. The van der Waals surface area contributed by atoms with Gasteiger partial charge in [-0.05, 0) is 11.1 Å². The number of carbonyl (C=O) groups is 2. The molecule has 2 amide bonds. The van der Waals surface area contributed by atoms with Crippen LogP contribution in [0.2, 0.25) is 0 Å². The molecule has 0 aromatic heterocycles. The average molecular weight is 430 g/mol. The third kappa shape index (κ3) is 8.05. The van der Waals surface area contributed by atoms with Gasteiger partial charge in [-0.15, -0.1) is 12.4 Å². The van der Waals surface area contributed by atoms with E-state index >= 15 is 0 Å². The molecule has 0 radical (unpaired) electrons. The van der Waals surface area contributed by atoms with Crippen LogP contribution in [0.5, 0.6) is 0 Å². The third-order valence-corrected chi connectivity index (χ3v) is 5.23. The lowest BCUT2D eigenvalue weighted by Crippen LogP contribution is -2.50. The summed E-state index contributed by atoms with van der Waals surface area (Å²) in [6.07, 6.45) is 2.29. The quantitative estimate of drug-likeness (QED) is 0.244. The van der Waals surface area contributed by atoms with Crippen LogP contribution in [0.4, 0.5) is 0 Å². The number of nitrogens with two attached hydrogens (primary N) is 1. The van der Waals surface area contributed by atoms with Crippen LogP contribution in [0.1, 0.15) is 11.1 Å². The van der Waals surface area contributed by atoms with Crippen LogP contribution < -0.4 is 16.5 Å². The van der Waals surface area contributed by atoms with Crippen molar-refractivity contribution >= 4 is 42.2 Å². The number of halogens is 1. The number of amides is 2. The zero-order chi connectivity index (χ0) is 19.5. The van der Waals surface area contributed by atoms with Crippen molar-refractivity contribution in [2.75, 3.05) is 37.7 Å². The Kier molecular flexibility index (Phi) is 11.6. The summed E-state index contributed by atoms with van der Waals surface area (Å²) < 4.78 is 0. The van der Waals surface area contributed by atoms with Gasteiger partial charge < -0.3 is 21.2 Å². The van der Waals surface area contributed by atoms with Crippen molar-refractivity contribution in [1.82, 2.24) is 15.5 Å². The molecule has 1 saturated heterocycles. The summed E-state index contributed by atoms with van der Waals surface area (Å²) in [5.41, 5.74) is 2.07. The molecule has 8 nitrogen and oxygen atoms in total. The maximum absolute atomic E-state index is 12.2. The molecule has 0 aliphatic carbocycles. The molecular formula is C18H28ClN5O3S. The fraction of sp³-hybridized carbons (Fsp3) is 0.500. The van der Waals surface area contributed by atoms with Gasteiger partial charge in [-0.1, -0.05) is 24.3 Å². The van der Waals surface area contributed by atoms with Crippen molar-refractivity contribution in [3.63, 3.8) is 0 Å². The van der Waals surface area contributed by atoms with Crippen LogP contribution in [0.25, 0.3) is 0 Å². The lowest BCUT2D eigenvalue weighted by Gasteiger charge is -2.26. The highest BCUT2D eigenvalue weighted by Gasteiger charge is 2.20. The van der Waals surface area contributed by atoms with Gasteiger partial charge in [0.2, 0.25) is 11.8 Å². The van der Waals surface area contributed by atoms with Crippen LogP contribution in [-0.4, -0.2) is 71.8 Å². The van der Waals surface area contributed by atoms with Gasteiger partial charge in [0.15, 0.2) is 0 Å². The number of hydrogen-bond acceptors (Lipinski definition) is 7. The van der Waals surface area contributed by atoms with Gasteiger partial charge >= 0.3 is 0 Å². The highest BCUT2D eigenvalue weighted by atomic mass is 35.5. The van der Waals surface area contributed by atoms with Crippen LogP contribution in [0.3, 0.4) is 0 Å². The number of rotatable bonds is 9. The zero-order valence-corrected chi connectivity index (χ0v) is 17.3. The molecule has 10 heteroatoms. The standard InChI is InChI=1S/C18H27N5O3S.ClH/c19-22-6-5-14-1-3-15(4-2-14)11-20-16(13-24)18(26)21-12-17(25)23-7-9-27-10-8-23;/h1-4,6,16,20,24H,5,7-13,19H2,(H,21,26);1H. The summed E-state index contributed by atoms with van der Waals surface area (Å²) in [4.78, 5) is 26.1. The second-order valence-electron chi connectivity index (χ2n) is 6.18. The predicted molar refractivity (Wildman–Crippen MR) is 115 cm³/mol. The number of hydrazone groups is 1. The van der Waals surface area contributed by atoms with Gasteiger partial charge in [0.1, 0.15) is 6.04 Å². The van der Waals surface area contributed by atoms with E-state index in [0.717, 1.165) is 22.6 Å². The molecular weight excluding hydrogens is 402 g/mol. The molecule has 2 rings (SSSR count). The van der Waals surface area contributed by atoms with Gasteiger partial charge in [-0.25, -0.2) is 0 Å². The number of carbonyl (C=O) groups excluding carboxylic acids is 2. The number of aliphatic hydroxyl groups excluding tert-OH is 1. The fourth-order valence-corrected chi connectivity index (χ4v) is 3.55. The molecule has 1 aliphatic rings. The van der Waals surface area contributed by atoms with Gasteiger partial charge in [0.05, 0.1) is 13.2 Å². The lowest BCUT2D eigenvalue weighted by molar-refractivity contribution is -0.133. The first-order chi connectivity index (χ1) is 13.1. The van der Waals surface area contributed by atoms with E-state index in [1.807, 2.05) is 36.0 Å². The molecule has 1 aromatic rings. The first-order valence-electron chi connectivity index (χ1n) is 8.91. The van der Waals surface area contributed by atoms with E-state index in [0.29, 0.717) is 26.1 Å². The van der Waals surface area contributed by atoms with Gasteiger partial charge in [0.25, 0.3) is 0 Å². The minimum atomic E-state index is -0.765. The molecule has 1 aromatic carbocycles. The van der Waals surface area contributed by atoms with Gasteiger partial charge in [0, 0.05) is 43.8 Å². The number of nitrogens with one attached hydrogen (secondary N) is 2. The molecule has 1 atom stereocenters. The van der Waals surface area contributed by atoms with Crippen molar-refractivity contribution in [3.05, 3.63) is 35.4 Å². The van der Waals surface area contributed by atoms with Crippen molar-refractivity contribution in [1.29, 1.82) is 0 Å². The number of hydrogen-bond donors (Lipinski definition) is 4. The zero-order valence-electron chi connectivity index (χ0n) is 15.7. The second-order valence-corrected chi connectivity index (χ2v) is 7.40. The molecule has 5 N–H and O–H groups in total. The van der Waals surface area contributed by atoms with E-state index in [1.165, 1.54) is 0 Å². The molecule has 156 valence electrons. The molecule has 0 saturated carbocycles. The van der Waals surface area contributed by atoms with Crippen LogP contribution >= 0.6 is 24.2 Å². The van der Waals surface area contributed by atoms with Crippen molar-refractivity contribution in [2.45, 2.75) is 19.0 Å². The van der Waals surface area contributed by atoms with E-state index in [4.69, 9.17) is 5.84 Å². The van der Waals surface area contributed by atoms with E-state index in [1.54, 1.807) is 11.1 Å². The minimum absolute atomic E-state index is 0. The van der Waals surface area contributed by atoms with Crippen molar-refractivity contribution < 1.29 is 14.7 Å². The number of thioether (sulfide) groups is 1. The van der Waals surface area contributed by atoms with E-state index < -0.39 is 6.04 Å². The third-order valence-electron chi connectivity index (χ3n) is 4.28. The summed E-state index contributed by atoms with van der Waals surface area (Å²) in [5.74, 6) is 6.48. The number of nitrogens with zero attached hydrogens (tertiary/aromatic N) is 2. The maximum atomic E-state index is 12.2. The summed E-state index contributed by atoms with van der Waals surface area (Å²) in [6.45, 7) is 1.48. The Morgan fingerprint density at radius 1 is 1.25 bits per heavy atom. The Labute approximate surface area is 175 Å². The predicted octanol–water partition coefficient (Wildman–Crippen LogP) is -0.262. The van der Waals surface area contributed by atoms with Gasteiger partial charge in [-0.2, -0.15) is 16.9 Å². The fourth-order valence-electron chi connectivity index (χ4n) is 2.64. The van der Waals surface area contributed by atoms with Crippen LogP contribution in [0, 0.1) is 0 Å². The summed E-state index contributed by atoms with van der Waals surface area (Å²) >= 11 is 1.82. The Morgan fingerprint density at radius 2 is 1.89 bits per heavy atom. The molecule has 1 unspecified atom stereocenters.